The Balaban J connectivity index is 2.27. The maximum absolute atomic E-state index is 13.6. The number of halogens is 1. The zero-order chi connectivity index (χ0) is 13.4. The summed E-state index contributed by atoms with van der Waals surface area (Å²) in [4.78, 5) is 8.85. The highest BCUT2D eigenvalue weighted by atomic mass is 19.1. The van der Waals surface area contributed by atoms with Crippen LogP contribution in [0.1, 0.15) is 11.3 Å². The summed E-state index contributed by atoms with van der Waals surface area (Å²) in [6.45, 7) is 3.70. The van der Waals surface area contributed by atoms with E-state index in [9.17, 15) is 4.39 Å². The molecule has 3 aromatic rings. The van der Waals surface area contributed by atoms with Crippen LogP contribution in [0, 0.1) is 19.7 Å². The van der Waals surface area contributed by atoms with E-state index in [-0.39, 0.29) is 5.82 Å². The minimum Gasteiger partial charge on any atom is -0.261 e. The van der Waals surface area contributed by atoms with E-state index in [0.29, 0.717) is 11.1 Å². The Labute approximate surface area is 111 Å². The van der Waals surface area contributed by atoms with Crippen LogP contribution in [0.3, 0.4) is 0 Å². The molecule has 0 aliphatic rings. The predicted octanol–water partition coefficient (Wildman–Crippen LogP) is 4.05. The van der Waals surface area contributed by atoms with Crippen LogP contribution >= 0.6 is 0 Å². The SMILES string of the molecule is Cc1ncccc1-c1ccc2ccc(F)c(C)c2n1. The first kappa shape index (κ1) is 11.8. The Morgan fingerprint density at radius 1 is 1.00 bits per heavy atom. The molecule has 3 heteroatoms. The number of aromatic nitrogens is 2. The van der Waals surface area contributed by atoms with Crippen LogP contribution in [-0.4, -0.2) is 9.97 Å². The van der Waals surface area contributed by atoms with E-state index in [0.717, 1.165) is 22.3 Å². The second kappa shape index (κ2) is 4.43. The van der Waals surface area contributed by atoms with Gasteiger partial charge < -0.3 is 0 Å². The Hall–Kier alpha value is -2.29. The first-order chi connectivity index (χ1) is 9.16. The monoisotopic (exact) mass is 252 g/mol. The molecule has 2 nitrogen and oxygen atoms in total. The van der Waals surface area contributed by atoms with Gasteiger partial charge in [0.15, 0.2) is 0 Å². The van der Waals surface area contributed by atoms with Crippen molar-refractivity contribution in [2.75, 3.05) is 0 Å². The number of aryl methyl sites for hydroxylation is 2. The Bertz CT molecular complexity index is 766. The van der Waals surface area contributed by atoms with Crippen LogP contribution in [0.4, 0.5) is 4.39 Å². The maximum Gasteiger partial charge on any atom is 0.128 e. The first-order valence-electron chi connectivity index (χ1n) is 6.14. The highest BCUT2D eigenvalue weighted by Crippen LogP contribution is 2.25. The fourth-order valence-corrected chi connectivity index (χ4v) is 2.21. The van der Waals surface area contributed by atoms with E-state index in [1.807, 2.05) is 31.2 Å². The summed E-state index contributed by atoms with van der Waals surface area (Å²) in [6.07, 6.45) is 1.75. The summed E-state index contributed by atoms with van der Waals surface area (Å²) < 4.78 is 13.6. The molecule has 0 bridgehead atoms. The van der Waals surface area contributed by atoms with Gasteiger partial charge in [0.1, 0.15) is 5.82 Å². The van der Waals surface area contributed by atoms with Gasteiger partial charge in [-0.1, -0.05) is 6.07 Å². The molecule has 0 saturated carbocycles. The molecule has 0 spiro atoms. The standard InChI is InChI=1S/C16H13FN2/c1-10-14(17)7-5-12-6-8-15(19-16(10)12)13-4-3-9-18-11(13)2/h3-9H,1-2H3. The average Bonchev–Trinajstić information content (AvgIpc) is 2.43. The minimum atomic E-state index is -0.222. The maximum atomic E-state index is 13.6. The van der Waals surface area contributed by atoms with Crippen LogP contribution in [0.2, 0.25) is 0 Å². The fraction of sp³-hybridized carbons (Fsp3) is 0.125. The molecule has 0 saturated heterocycles. The van der Waals surface area contributed by atoms with Crippen molar-refractivity contribution in [2.24, 2.45) is 0 Å². The van der Waals surface area contributed by atoms with Crippen LogP contribution in [0.5, 0.6) is 0 Å². The van der Waals surface area contributed by atoms with Crippen LogP contribution in [0.25, 0.3) is 22.2 Å². The smallest absolute Gasteiger partial charge is 0.128 e. The lowest BCUT2D eigenvalue weighted by Crippen LogP contribution is -1.93. The summed E-state index contributed by atoms with van der Waals surface area (Å²) >= 11 is 0. The molecule has 2 aromatic heterocycles. The van der Waals surface area contributed by atoms with Gasteiger partial charge >= 0.3 is 0 Å². The zero-order valence-electron chi connectivity index (χ0n) is 10.8. The molecule has 0 N–H and O–H groups in total. The number of hydrogen-bond donors (Lipinski definition) is 0. The Kier molecular flexibility index (Phi) is 2.75. The lowest BCUT2D eigenvalue weighted by Gasteiger charge is -2.07. The number of rotatable bonds is 1. The lowest BCUT2D eigenvalue weighted by atomic mass is 10.1. The van der Waals surface area contributed by atoms with Crippen molar-refractivity contribution in [1.82, 2.24) is 9.97 Å². The van der Waals surface area contributed by atoms with Crippen molar-refractivity contribution in [1.29, 1.82) is 0 Å². The van der Waals surface area contributed by atoms with Gasteiger partial charge in [0.2, 0.25) is 0 Å². The van der Waals surface area contributed by atoms with Gasteiger partial charge in [-0.15, -0.1) is 0 Å². The van der Waals surface area contributed by atoms with Crippen molar-refractivity contribution >= 4 is 10.9 Å². The molecule has 1 aromatic carbocycles. The quantitative estimate of drug-likeness (QED) is 0.653. The summed E-state index contributed by atoms with van der Waals surface area (Å²) in [5.74, 6) is -0.222. The number of hydrogen-bond acceptors (Lipinski definition) is 2. The second-order valence-electron chi connectivity index (χ2n) is 4.58. The number of nitrogens with zero attached hydrogens (tertiary/aromatic N) is 2. The van der Waals surface area contributed by atoms with Gasteiger partial charge in [0.05, 0.1) is 11.2 Å². The van der Waals surface area contributed by atoms with E-state index in [1.54, 1.807) is 19.2 Å². The van der Waals surface area contributed by atoms with Crippen molar-refractivity contribution < 1.29 is 4.39 Å². The molecule has 0 atom stereocenters. The van der Waals surface area contributed by atoms with Gasteiger partial charge in [-0.05, 0) is 44.2 Å². The number of fused-ring (bicyclic) bond motifs is 1. The molecule has 2 heterocycles. The van der Waals surface area contributed by atoms with Crippen molar-refractivity contribution in [3.8, 4) is 11.3 Å². The molecule has 0 radical (unpaired) electrons. The van der Waals surface area contributed by atoms with E-state index >= 15 is 0 Å². The van der Waals surface area contributed by atoms with Gasteiger partial charge in [-0.3, -0.25) is 4.98 Å². The topological polar surface area (TPSA) is 25.8 Å². The van der Waals surface area contributed by atoms with Crippen LogP contribution < -0.4 is 0 Å². The molecule has 94 valence electrons. The molecule has 0 fully saturated rings. The van der Waals surface area contributed by atoms with Gasteiger partial charge in [-0.2, -0.15) is 0 Å². The van der Waals surface area contributed by atoms with Gasteiger partial charge in [0.25, 0.3) is 0 Å². The summed E-state index contributed by atoms with van der Waals surface area (Å²) in [6, 6.07) is 11.0. The molecule has 0 amide bonds. The molecule has 0 aliphatic carbocycles. The molecule has 0 unspecified atom stereocenters. The van der Waals surface area contributed by atoms with Crippen molar-refractivity contribution in [3.05, 3.63) is 59.7 Å². The number of pyridine rings is 2. The molecule has 19 heavy (non-hydrogen) atoms. The molecular formula is C16H13FN2. The highest BCUT2D eigenvalue weighted by Gasteiger charge is 2.08. The lowest BCUT2D eigenvalue weighted by molar-refractivity contribution is 0.620. The van der Waals surface area contributed by atoms with Gasteiger partial charge in [-0.25, -0.2) is 9.37 Å². The zero-order valence-corrected chi connectivity index (χ0v) is 10.8. The third-order valence-corrected chi connectivity index (χ3v) is 3.33. The normalized spacial score (nSPS) is 10.9. The summed E-state index contributed by atoms with van der Waals surface area (Å²) in [7, 11) is 0. The van der Waals surface area contributed by atoms with E-state index < -0.39 is 0 Å². The molecule has 3 rings (SSSR count). The third-order valence-electron chi connectivity index (χ3n) is 3.33. The average molecular weight is 252 g/mol. The van der Waals surface area contributed by atoms with Crippen molar-refractivity contribution in [2.45, 2.75) is 13.8 Å². The number of benzene rings is 1. The van der Waals surface area contributed by atoms with E-state index in [2.05, 4.69) is 9.97 Å². The molecule has 0 aliphatic heterocycles. The van der Waals surface area contributed by atoms with E-state index in [1.165, 1.54) is 6.07 Å². The largest absolute Gasteiger partial charge is 0.261 e. The van der Waals surface area contributed by atoms with E-state index in [4.69, 9.17) is 0 Å². The van der Waals surface area contributed by atoms with Gasteiger partial charge in [0, 0.05) is 28.4 Å². The summed E-state index contributed by atoms with van der Waals surface area (Å²) in [5.41, 5.74) is 4.02. The van der Waals surface area contributed by atoms with Crippen LogP contribution in [-0.2, 0) is 0 Å². The molecular weight excluding hydrogens is 239 g/mol. The fourth-order valence-electron chi connectivity index (χ4n) is 2.21. The predicted molar refractivity (Wildman–Crippen MR) is 74.4 cm³/mol. The summed E-state index contributed by atoms with van der Waals surface area (Å²) in [5, 5.41) is 0.948. The first-order valence-corrected chi connectivity index (χ1v) is 6.14. The Morgan fingerprint density at radius 2 is 1.79 bits per heavy atom. The highest BCUT2D eigenvalue weighted by molar-refractivity contribution is 5.84. The van der Waals surface area contributed by atoms with Crippen molar-refractivity contribution in [3.63, 3.8) is 0 Å². The van der Waals surface area contributed by atoms with Crippen LogP contribution in [0.15, 0.2) is 42.6 Å². The Morgan fingerprint density at radius 3 is 2.58 bits per heavy atom. The second-order valence-corrected chi connectivity index (χ2v) is 4.58. The third kappa shape index (κ3) is 1.97. The minimum absolute atomic E-state index is 0.222.